The summed E-state index contributed by atoms with van der Waals surface area (Å²) in [5, 5.41) is 0. The van der Waals surface area contributed by atoms with Gasteiger partial charge in [-0.3, -0.25) is 4.79 Å². The number of aromatic nitrogens is 1. The van der Waals surface area contributed by atoms with Gasteiger partial charge in [0.2, 0.25) is 5.88 Å². The van der Waals surface area contributed by atoms with Crippen molar-refractivity contribution >= 4 is 17.7 Å². The van der Waals surface area contributed by atoms with Gasteiger partial charge in [-0.1, -0.05) is 13.3 Å². The fourth-order valence-electron chi connectivity index (χ4n) is 2.07. The van der Waals surface area contributed by atoms with E-state index in [9.17, 15) is 4.79 Å². The molecule has 5 heteroatoms. The van der Waals surface area contributed by atoms with Gasteiger partial charge < -0.3 is 9.64 Å². The molecule has 1 aromatic rings. The van der Waals surface area contributed by atoms with E-state index in [4.69, 9.17) is 4.74 Å². The molecule has 0 N–H and O–H groups in total. The first-order valence-electron chi connectivity index (χ1n) is 7.16. The molecule has 0 aromatic carbocycles. The maximum atomic E-state index is 12.1. The topological polar surface area (TPSA) is 42.4 Å². The number of hydrogen-bond acceptors (Lipinski definition) is 4. The van der Waals surface area contributed by atoms with Crippen LogP contribution in [0.2, 0.25) is 0 Å². The highest BCUT2D eigenvalue weighted by Gasteiger charge is 2.18. The van der Waals surface area contributed by atoms with Crippen LogP contribution in [0, 0.1) is 0 Å². The number of nitrogens with zero attached hydrogens (tertiary/aromatic N) is 2. The fourth-order valence-corrected chi connectivity index (χ4v) is 3.16. The number of thioether (sulfide) groups is 1. The normalized spacial score (nSPS) is 18.0. The summed E-state index contributed by atoms with van der Waals surface area (Å²) in [6.07, 6.45) is 5.06. The minimum absolute atomic E-state index is 0.0221. The van der Waals surface area contributed by atoms with Crippen molar-refractivity contribution in [3.8, 4) is 5.88 Å². The maximum Gasteiger partial charge on any atom is 0.255 e. The number of carbonyl (C=O) groups excluding carboxylic acids is 1. The molecule has 0 saturated carbocycles. The van der Waals surface area contributed by atoms with Crippen molar-refractivity contribution in [2.75, 3.05) is 25.1 Å². The number of rotatable bonds is 6. The highest BCUT2D eigenvalue weighted by Crippen LogP contribution is 2.22. The van der Waals surface area contributed by atoms with Crippen LogP contribution in [0.5, 0.6) is 5.88 Å². The van der Waals surface area contributed by atoms with Gasteiger partial charge in [-0.15, -0.1) is 0 Å². The lowest BCUT2D eigenvalue weighted by Gasteiger charge is -2.17. The quantitative estimate of drug-likeness (QED) is 0.809. The van der Waals surface area contributed by atoms with Crippen molar-refractivity contribution in [2.45, 2.75) is 32.3 Å². The molecular formula is C15H22N2O2S. The number of amides is 1. The summed E-state index contributed by atoms with van der Waals surface area (Å²) in [5.74, 6) is 2.82. The lowest BCUT2D eigenvalue weighted by Crippen LogP contribution is -2.27. The summed E-state index contributed by atoms with van der Waals surface area (Å²) in [5.41, 5.74) is 0.622. The average Bonchev–Trinajstić information content (AvgIpc) is 2.97. The molecule has 1 atom stereocenters. The Hall–Kier alpha value is -1.23. The molecule has 2 rings (SSSR count). The third-order valence-electron chi connectivity index (χ3n) is 3.35. The minimum Gasteiger partial charge on any atom is -0.473 e. The Kier molecular flexibility index (Phi) is 5.71. The SMILES string of the molecule is CCCCN(C)C(=O)c1ccc(OC2CCSC2)nc1. The Balaban J connectivity index is 1.91. The van der Waals surface area contributed by atoms with Crippen LogP contribution in [-0.4, -0.2) is 47.0 Å². The second kappa shape index (κ2) is 7.53. The van der Waals surface area contributed by atoms with E-state index in [1.807, 2.05) is 18.8 Å². The van der Waals surface area contributed by atoms with E-state index in [0.29, 0.717) is 11.4 Å². The fraction of sp³-hybridized carbons (Fsp3) is 0.600. The molecule has 0 spiro atoms. The lowest BCUT2D eigenvalue weighted by atomic mass is 10.2. The number of unbranched alkanes of at least 4 members (excludes halogenated alkanes) is 1. The number of pyridine rings is 1. The first-order chi connectivity index (χ1) is 9.70. The molecule has 110 valence electrons. The summed E-state index contributed by atoms with van der Waals surface area (Å²) in [6, 6.07) is 3.60. The molecule has 0 aliphatic carbocycles. The Morgan fingerprint density at radius 3 is 3.00 bits per heavy atom. The molecule has 20 heavy (non-hydrogen) atoms. The van der Waals surface area contributed by atoms with Gasteiger partial charge in [-0.25, -0.2) is 4.98 Å². The van der Waals surface area contributed by atoms with E-state index in [2.05, 4.69) is 11.9 Å². The largest absolute Gasteiger partial charge is 0.473 e. The van der Waals surface area contributed by atoms with Crippen LogP contribution >= 0.6 is 11.8 Å². The molecule has 4 nitrogen and oxygen atoms in total. The monoisotopic (exact) mass is 294 g/mol. The van der Waals surface area contributed by atoms with Gasteiger partial charge >= 0.3 is 0 Å². The van der Waals surface area contributed by atoms with Crippen LogP contribution in [0.25, 0.3) is 0 Å². The van der Waals surface area contributed by atoms with E-state index in [-0.39, 0.29) is 12.0 Å². The van der Waals surface area contributed by atoms with Crippen molar-refractivity contribution in [3.63, 3.8) is 0 Å². The average molecular weight is 294 g/mol. The van der Waals surface area contributed by atoms with Crippen LogP contribution in [0.4, 0.5) is 0 Å². The van der Waals surface area contributed by atoms with Gasteiger partial charge in [0.05, 0.1) is 5.56 Å². The minimum atomic E-state index is 0.0221. The van der Waals surface area contributed by atoms with E-state index in [0.717, 1.165) is 37.3 Å². The Morgan fingerprint density at radius 1 is 1.55 bits per heavy atom. The summed E-state index contributed by atoms with van der Waals surface area (Å²) in [6.45, 7) is 2.90. The summed E-state index contributed by atoms with van der Waals surface area (Å²) < 4.78 is 5.78. The van der Waals surface area contributed by atoms with Gasteiger partial charge in [0.1, 0.15) is 6.10 Å². The van der Waals surface area contributed by atoms with Crippen LogP contribution in [-0.2, 0) is 0 Å². The second-order valence-electron chi connectivity index (χ2n) is 5.07. The standard InChI is InChI=1S/C15H22N2O2S/c1-3-4-8-17(2)15(18)12-5-6-14(16-10-12)19-13-7-9-20-11-13/h5-6,10,13H,3-4,7-9,11H2,1-2H3. The molecule has 1 aliphatic heterocycles. The van der Waals surface area contributed by atoms with Crippen molar-refractivity contribution in [3.05, 3.63) is 23.9 Å². The molecular weight excluding hydrogens is 272 g/mol. The third kappa shape index (κ3) is 4.13. The van der Waals surface area contributed by atoms with E-state index in [1.54, 1.807) is 23.2 Å². The Bertz CT molecular complexity index is 430. The molecule has 1 unspecified atom stereocenters. The zero-order valence-corrected chi connectivity index (χ0v) is 13.0. The molecule has 1 aromatic heterocycles. The van der Waals surface area contributed by atoms with Gasteiger partial charge in [0.25, 0.3) is 5.91 Å². The summed E-state index contributed by atoms with van der Waals surface area (Å²) in [4.78, 5) is 18.1. The smallest absolute Gasteiger partial charge is 0.255 e. The molecule has 0 radical (unpaired) electrons. The first kappa shape index (κ1) is 15.2. The molecule has 0 bridgehead atoms. The summed E-state index contributed by atoms with van der Waals surface area (Å²) in [7, 11) is 1.83. The highest BCUT2D eigenvalue weighted by molar-refractivity contribution is 7.99. The van der Waals surface area contributed by atoms with Gasteiger partial charge in [-0.2, -0.15) is 11.8 Å². The van der Waals surface area contributed by atoms with Crippen molar-refractivity contribution in [2.24, 2.45) is 0 Å². The van der Waals surface area contributed by atoms with Crippen molar-refractivity contribution < 1.29 is 9.53 Å². The van der Waals surface area contributed by atoms with E-state index >= 15 is 0 Å². The maximum absolute atomic E-state index is 12.1. The number of carbonyl (C=O) groups is 1. The molecule has 1 fully saturated rings. The summed E-state index contributed by atoms with van der Waals surface area (Å²) >= 11 is 1.91. The van der Waals surface area contributed by atoms with Gasteiger partial charge in [0, 0.05) is 31.6 Å². The number of hydrogen-bond donors (Lipinski definition) is 0. The predicted molar refractivity (Wildman–Crippen MR) is 82.5 cm³/mol. The lowest BCUT2D eigenvalue weighted by molar-refractivity contribution is 0.0792. The Labute approximate surface area is 124 Å². The van der Waals surface area contributed by atoms with Gasteiger partial charge in [0.15, 0.2) is 0 Å². The first-order valence-corrected chi connectivity index (χ1v) is 8.32. The van der Waals surface area contributed by atoms with Gasteiger partial charge in [-0.05, 0) is 24.7 Å². The molecule has 1 saturated heterocycles. The molecule has 1 aliphatic rings. The van der Waals surface area contributed by atoms with Crippen LogP contribution < -0.4 is 4.74 Å². The van der Waals surface area contributed by atoms with Crippen LogP contribution in [0.1, 0.15) is 36.5 Å². The molecule has 1 amide bonds. The van der Waals surface area contributed by atoms with Crippen molar-refractivity contribution in [1.82, 2.24) is 9.88 Å². The second-order valence-corrected chi connectivity index (χ2v) is 6.22. The predicted octanol–water partition coefficient (Wildman–Crippen LogP) is 2.84. The van der Waals surface area contributed by atoms with Crippen LogP contribution in [0.15, 0.2) is 18.3 Å². The zero-order chi connectivity index (χ0) is 14.4. The zero-order valence-electron chi connectivity index (χ0n) is 12.2. The highest BCUT2D eigenvalue weighted by atomic mass is 32.2. The van der Waals surface area contributed by atoms with E-state index < -0.39 is 0 Å². The van der Waals surface area contributed by atoms with Crippen molar-refractivity contribution in [1.29, 1.82) is 0 Å². The Morgan fingerprint density at radius 2 is 2.40 bits per heavy atom. The third-order valence-corrected chi connectivity index (χ3v) is 4.48. The molecule has 2 heterocycles. The van der Waals surface area contributed by atoms with E-state index in [1.165, 1.54) is 0 Å². The number of ether oxygens (including phenoxy) is 1. The van der Waals surface area contributed by atoms with Crippen LogP contribution in [0.3, 0.4) is 0 Å².